The summed E-state index contributed by atoms with van der Waals surface area (Å²) in [6, 6.07) is 0.854. The van der Waals surface area contributed by atoms with E-state index in [2.05, 4.69) is 24.0 Å². The van der Waals surface area contributed by atoms with E-state index < -0.39 is 0 Å². The molecular weight excluding hydrogens is 202 g/mol. The molecule has 0 radical (unpaired) electrons. The second kappa shape index (κ2) is 3.96. The highest BCUT2D eigenvalue weighted by Gasteiger charge is 2.46. The smallest absolute Gasteiger partial charge is 0.0202 e. The summed E-state index contributed by atoms with van der Waals surface area (Å²) in [6.07, 6.45) is 10.2. The number of fused-ring (bicyclic) bond motifs is 1. The second-order valence-corrected chi connectivity index (χ2v) is 6.99. The molecule has 3 fully saturated rings. The third-order valence-corrected chi connectivity index (χ3v) is 6.56. The molecule has 2 heterocycles. The van der Waals surface area contributed by atoms with E-state index in [1.54, 1.807) is 0 Å². The van der Waals surface area contributed by atoms with Crippen molar-refractivity contribution in [2.24, 2.45) is 5.92 Å². The van der Waals surface area contributed by atoms with Crippen molar-refractivity contribution >= 4 is 11.8 Å². The van der Waals surface area contributed by atoms with Gasteiger partial charge in [0.15, 0.2) is 0 Å². The Kier molecular flexibility index (Phi) is 2.76. The molecule has 3 unspecified atom stereocenters. The van der Waals surface area contributed by atoms with Crippen LogP contribution in [0.5, 0.6) is 0 Å². The number of hydrogen-bond acceptors (Lipinski definition) is 2. The van der Waals surface area contributed by atoms with Gasteiger partial charge in [-0.15, -0.1) is 0 Å². The van der Waals surface area contributed by atoms with Crippen molar-refractivity contribution in [1.82, 2.24) is 5.32 Å². The van der Waals surface area contributed by atoms with E-state index in [4.69, 9.17) is 0 Å². The molecule has 86 valence electrons. The topological polar surface area (TPSA) is 12.0 Å². The molecule has 3 rings (SSSR count). The minimum atomic E-state index is 0.588. The van der Waals surface area contributed by atoms with E-state index in [0.717, 1.165) is 17.2 Å². The molecule has 0 amide bonds. The van der Waals surface area contributed by atoms with Crippen LogP contribution in [0.15, 0.2) is 0 Å². The molecule has 15 heavy (non-hydrogen) atoms. The summed E-state index contributed by atoms with van der Waals surface area (Å²) in [6.45, 7) is 2.36. The van der Waals surface area contributed by atoms with Crippen LogP contribution >= 0.6 is 11.8 Å². The van der Waals surface area contributed by atoms with E-state index in [1.807, 2.05) is 0 Å². The second-order valence-electron chi connectivity index (χ2n) is 5.72. The molecular formula is C13H23NS. The minimum Gasteiger partial charge on any atom is -0.307 e. The quantitative estimate of drug-likeness (QED) is 0.735. The SMILES string of the molecule is CCC1SCC2NC3(CCCC3)CCC21. The van der Waals surface area contributed by atoms with E-state index in [9.17, 15) is 0 Å². The number of rotatable bonds is 1. The van der Waals surface area contributed by atoms with Crippen molar-refractivity contribution in [1.29, 1.82) is 0 Å². The molecule has 1 spiro atoms. The summed E-state index contributed by atoms with van der Waals surface area (Å²) in [5.41, 5.74) is 0.588. The summed E-state index contributed by atoms with van der Waals surface area (Å²) in [7, 11) is 0. The highest BCUT2D eigenvalue weighted by molar-refractivity contribution is 8.00. The zero-order valence-electron chi connectivity index (χ0n) is 9.80. The van der Waals surface area contributed by atoms with E-state index in [0.29, 0.717) is 5.54 Å². The van der Waals surface area contributed by atoms with Crippen LogP contribution in [0.25, 0.3) is 0 Å². The first kappa shape index (κ1) is 10.5. The number of hydrogen-bond donors (Lipinski definition) is 1. The van der Waals surface area contributed by atoms with Crippen molar-refractivity contribution < 1.29 is 0 Å². The van der Waals surface area contributed by atoms with Crippen LogP contribution in [-0.4, -0.2) is 22.6 Å². The van der Waals surface area contributed by atoms with Gasteiger partial charge in [0, 0.05) is 22.6 Å². The number of thioether (sulfide) groups is 1. The van der Waals surface area contributed by atoms with Crippen LogP contribution in [0.1, 0.15) is 51.9 Å². The molecule has 0 aromatic heterocycles. The largest absolute Gasteiger partial charge is 0.307 e. The number of piperidine rings is 1. The number of nitrogens with one attached hydrogen (secondary N) is 1. The van der Waals surface area contributed by atoms with Crippen molar-refractivity contribution in [3.8, 4) is 0 Å². The molecule has 2 heteroatoms. The molecule has 1 saturated carbocycles. The standard InChI is InChI=1S/C13H23NS/c1-2-12-10-5-8-13(6-3-4-7-13)14-11(10)9-15-12/h10-12,14H,2-9H2,1H3. The first-order chi connectivity index (χ1) is 7.33. The minimum absolute atomic E-state index is 0.588. The fourth-order valence-corrected chi connectivity index (χ4v) is 5.64. The molecule has 1 aliphatic carbocycles. The van der Waals surface area contributed by atoms with Gasteiger partial charge in [0.25, 0.3) is 0 Å². The lowest BCUT2D eigenvalue weighted by atomic mass is 9.78. The lowest BCUT2D eigenvalue weighted by Crippen LogP contribution is -2.55. The Bertz CT molecular complexity index is 235. The maximum atomic E-state index is 4.03. The molecule has 1 nitrogen and oxygen atoms in total. The lowest BCUT2D eigenvalue weighted by molar-refractivity contribution is 0.168. The maximum absolute atomic E-state index is 4.03. The molecule has 3 aliphatic rings. The average molecular weight is 225 g/mol. The molecule has 0 aromatic carbocycles. The van der Waals surface area contributed by atoms with E-state index in [-0.39, 0.29) is 0 Å². The predicted octanol–water partition coefficient (Wildman–Crippen LogP) is 3.19. The van der Waals surface area contributed by atoms with Gasteiger partial charge < -0.3 is 5.32 Å². The van der Waals surface area contributed by atoms with Crippen LogP contribution < -0.4 is 5.32 Å². The fourth-order valence-electron chi connectivity index (χ4n) is 4.04. The van der Waals surface area contributed by atoms with Crippen LogP contribution in [0.3, 0.4) is 0 Å². The van der Waals surface area contributed by atoms with Gasteiger partial charge in [-0.3, -0.25) is 0 Å². The van der Waals surface area contributed by atoms with Gasteiger partial charge in [-0.1, -0.05) is 19.8 Å². The van der Waals surface area contributed by atoms with Crippen LogP contribution in [-0.2, 0) is 0 Å². The van der Waals surface area contributed by atoms with Crippen LogP contribution in [0.4, 0.5) is 0 Å². The Labute approximate surface area is 97.8 Å². The van der Waals surface area contributed by atoms with Gasteiger partial charge in [0.2, 0.25) is 0 Å². The maximum Gasteiger partial charge on any atom is 0.0202 e. The molecule has 0 bridgehead atoms. The zero-order chi connectivity index (χ0) is 10.3. The summed E-state index contributed by atoms with van der Waals surface area (Å²) in [5, 5.41) is 4.99. The Morgan fingerprint density at radius 1 is 1.27 bits per heavy atom. The molecule has 0 aromatic rings. The Hall–Kier alpha value is 0.310. The normalized spacial score (nSPS) is 43.4. The van der Waals surface area contributed by atoms with Crippen molar-refractivity contribution in [2.75, 3.05) is 5.75 Å². The highest BCUT2D eigenvalue weighted by Crippen LogP contribution is 2.46. The van der Waals surface area contributed by atoms with Gasteiger partial charge in [0.05, 0.1) is 0 Å². The first-order valence-electron chi connectivity index (χ1n) is 6.72. The molecule has 1 N–H and O–H groups in total. The van der Waals surface area contributed by atoms with E-state index in [1.165, 1.54) is 50.7 Å². The molecule has 2 aliphatic heterocycles. The third-order valence-electron chi connectivity index (χ3n) is 4.90. The molecule has 3 atom stereocenters. The summed E-state index contributed by atoms with van der Waals surface area (Å²) in [4.78, 5) is 0. The van der Waals surface area contributed by atoms with Gasteiger partial charge in [0.1, 0.15) is 0 Å². The Morgan fingerprint density at radius 3 is 2.80 bits per heavy atom. The Balaban J connectivity index is 1.70. The van der Waals surface area contributed by atoms with Gasteiger partial charge in [-0.25, -0.2) is 0 Å². The zero-order valence-corrected chi connectivity index (χ0v) is 10.6. The van der Waals surface area contributed by atoms with Crippen molar-refractivity contribution in [3.05, 3.63) is 0 Å². The van der Waals surface area contributed by atoms with Crippen LogP contribution in [0.2, 0.25) is 0 Å². The first-order valence-corrected chi connectivity index (χ1v) is 7.77. The van der Waals surface area contributed by atoms with Crippen molar-refractivity contribution in [3.63, 3.8) is 0 Å². The third kappa shape index (κ3) is 1.74. The van der Waals surface area contributed by atoms with Crippen LogP contribution in [0, 0.1) is 5.92 Å². The predicted molar refractivity (Wildman–Crippen MR) is 67.4 cm³/mol. The lowest BCUT2D eigenvalue weighted by Gasteiger charge is -2.42. The van der Waals surface area contributed by atoms with E-state index >= 15 is 0 Å². The Morgan fingerprint density at radius 2 is 2.07 bits per heavy atom. The monoisotopic (exact) mass is 225 g/mol. The van der Waals surface area contributed by atoms with Gasteiger partial charge in [-0.2, -0.15) is 11.8 Å². The summed E-state index contributed by atoms with van der Waals surface area (Å²) in [5.74, 6) is 2.37. The average Bonchev–Trinajstić information content (AvgIpc) is 2.85. The van der Waals surface area contributed by atoms with Crippen molar-refractivity contribution in [2.45, 2.75) is 68.7 Å². The van der Waals surface area contributed by atoms with Gasteiger partial charge in [-0.05, 0) is 38.0 Å². The highest BCUT2D eigenvalue weighted by atomic mass is 32.2. The molecule has 2 saturated heterocycles. The summed E-state index contributed by atoms with van der Waals surface area (Å²) >= 11 is 2.23. The summed E-state index contributed by atoms with van der Waals surface area (Å²) < 4.78 is 0. The fraction of sp³-hybridized carbons (Fsp3) is 1.00. The van der Waals surface area contributed by atoms with Gasteiger partial charge >= 0.3 is 0 Å².